The summed E-state index contributed by atoms with van der Waals surface area (Å²) >= 11 is 0. The lowest BCUT2D eigenvalue weighted by molar-refractivity contribution is -0.128. The van der Waals surface area contributed by atoms with Crippen molar-refractivity contribution >= 4 is 23.3 Å². The van der Waals surface area contributed by atoms with Crippen LogP contribution in [0.5, 0.6) is 5.75 Å². The molecule has 0 aliphatic carbocycles. The van der Waals surface area contributed by atoms with Gasteiger partial charge in [-0.05, 0) is 36.3 Å². The van der Waals surface area contributed by atoms with Gasteiger partial charge in [-0.2, -0.15) is 0 Å². The number of benzene rings is 3. The zero-order valence-electron chi connectivity index (χ0n) is 18.8. The number of ether oxygens (including phenoxy) is 1. The Kier molecular flexibility index (Phi) is 5.59. The van der Waals surface area contributed by atoms with Crippen molar-refractivity contribution in [2.75, 3.05) is 13.1 Å². The smallest absolute Gasteiger partial charge is 0.254 e. The van der Waals surface area contributed by atoms with Gasteiger partial charge in [-0.15, -0.1) is 0 Å². The van der Waals surface area contributed by atoms with Gasteiger partial charge in [-0.1, -0.05) is 72.3 Å². The van der Waals surface area contributed by atoms with Crippen molar-refractivity contribution in [1.82, 2.24) is 4.90 Å². The van der Waals surface area contributed by atoms with Crippen molar-refractivity contribution in [2.24, 2.45) is 0 Å². The first-order valence-corrected chi connectivity index (χ1v) is 11.5. The fraction of sp³-hybridized carbons (Fsp3) is 0.241. The Morgan fingerprint density at radius 2 is 1.61 bits per heavy atom. The van der Waals surface area contributed by atoms with Crippen LogP contribution >= 0.6 is 0 Å². The van der Waals surface area contributed by atoms with E-state index < -0.39 is 5.60 Å². The van der Waals surface area contributed by atoms with Gasteiger partial charge in [0.25, 0.3) is 5.91 Å². The first-order chi connectivity index (χ1) is 16.0. The quantitative estimate of drug-likeness (QED) is 0.398. The first kappa shape index (κ1) is 21.2. The molecule has 1 fully saturated rings. The van der Waals surface area contributed by atoms with Gasteiger partial charge in [0.15, 0.2) is 5.78 Å². The summed E-state index contributed by atoms with van der Waals surface area (Å²) in [4.78, 5) is 28.4. The molecule has 1 spiro atoms. The summed E-state index contributed by atoms with van der Waals surface area (Å²) in [5.74, 6) is 0.817. The monoisotopic (exact) mass is 437 g/mol. The van der Waals surface area contributed by atoms with Gasteiger partial charge >= 0.3 is 0 Å². The van der Waals surface area contributed by atoms with E-state index in [2.05, 4.69) is 0 Å². The number of hydrogen-bond donors (Lipinski definition) is 0. The second kappa shape index (κ2) is 8.70. The van der Waals surface area contributed by atoms with Crippen LogP contribution in [0.4, 0.5) is 0 Å². The number of rotatable bonds is 3. The third-order valence-electron chi connectivity index (χ3n) is 6.63. The number of ketones is 1. The fourth-order valence-corrected chi connectivity index (χ4v) is 4.78. The number of fused-ring (bicyclic) bond motifs is 1. The maximum atomic E-state index is 13.6. The van der Waals surface area contributed by atoms with E-state index in [-0.39, 0.29) is 11.7 Å². The van der Waals surface area contributed by atoms with Gasteiger partial charge in [0.05, 0.1) is 12.0 Å². The number of hydrogen-bond acceptors (Lipinski definition) is 3. The van der Waals surface area contributed by atoms with E-state index in [0.29, 0.717) is 49.2 Å². The van der Waals surface area contributed by atoms with Crippen LogP contribution in [0, 0.1) is 6.92 Å². The summed E-state index contributed by atoms with van der Waals surface area (Å²) in [6.07, 6.45) is 3.62. The Labute approximate surface area is 194 Å². The van der Waals surface area contributed by atoms with Crippen LogP contribution in [0.1, 0.15) is 46.3 Å². The molecule has 4 heteroatoms. The van der Waals surface area contributed by atoms with Crippen molar-refractivity contribution in [2.45, 2.75) is 31.8 Å². The molecule has 2 heterocycles. The molecule has 166 valence electrons. The van der Waals surface area contributed by atoms with Crippen LogP contribution in [0.25, 0.3) is 11.6 Å². The molecule has 0 atom stereocenters. The van der Waals surface area contributed by atoms with E-state index in [1.165, 1.54) is 0 Å². The largest absolute Gasteiger partial charge is 0.486 e. The molecule has 33 heavy (non-hydrogen) atoms. The van der Waals surface area contributed by atoms with E-state index in [9.17, 15) is 9.59 Å². The van der Waals surface area contributed by atoms with Crippen molar-refractivity contribution in [3.8, 4) is 5.75 Å². The highest BCUT2D eigenvalue weighted by molar-refractivity contribution is 6.24. The van der Waals surface area contributed by atoms with Crippen molar-refractivity contribution in [3.63, 3.8) is 0 Å². The fourth-order valence-electron chi connectivity index (χ4n) is 4.78. The molecule has 0 N–H and O–H groups in total. The minimum atomic E-state index is -0.522. The second-order valence-corrected chi connectivity index (χ2v) is 9.01. The van der Waals surface area contributed by atoms with E-state index >= 15 is 0 Å². The minimum absolute atomic E-state index is 0.0121. The summed E-state index contributed by atoms with van der Waals surface area (Å²) in [6.45, 7) is 3.11. The molecule has 1 amide bonds. The molecule has 0 saturated carbocycles. The highest BCUT2D eigenvalue weighted by atomic mass is 16.5. The Morgan fingerprint density at radius 1 is 0.939 bits per heavy atom. The number of piperidine rings is 1. The summed E-state index contributed by atoms with van der Waals surface area (Å²) < 4.78 is 6.38. The molecule has 2 aliphatic rings. The maximum absolute atomic E-state index is 13.6. The van der Waals surface area contributed by atoms with Crippen LogP contribution in [0.2, 0.25) is 0 Å². The predicted octanol–water partition coefficient (Wildman–Crippen LogP) is 5.56. The third kappa shape index (κ3) is 4.34. The van der Waals surface area contributed by atoms with E-state index in [4.69, 9.17) is 4.74 Å². The lowest BCUT2D eigenvalue weighted by Crippen LogP contribution is -2.52. The van der Waals surface area contributed by atoms with Crippen molar-refractivity contribution in [1.29, 1.82) is 0 Å². The van der Waals surface area contributed by atoms with Crippen molar-refractivity contribution < 1.29 is 14.3 Å². The summed E-state index contributed by atoms with van der Waals surface area (Å²) in [6, 6.07) is 25.5. The Balaban J connectivity index is 1.36. The SMILES string of the molecule is Cc1ccc2c(c1)C(=O)CC1(CCN(C(=O)/C(=C\c3ccccc3)c3ccccc3)CC1)O2. The van der Waals surface area contributed by atoms with Gasteiger partial charge < -0.3 is 9.64 Å². The average molecular weight is 438 g/mol. The van der Waals surface area contributed by atoms with Gasteiger partial charge in [0.2, 0.25) is 0 Å². The van der Waals surface area contributed by atoms with Crippen molar-refractivity contribution in [3.05, 3.63) is 101 Å². The number of nitrogens with zero attached hydrogens (tertiary/aromatic N) is 1. The predicted molar refractivity (Wildman–Crippen MR) is 130 cm³/mol. The number of carbonyl (C=O) groups is 2. The van der Waals surface area contributed by atoms with Crippen LogP contribution in [0.15, 0.2) is 78.9 Å². The maximum Gasteiger partial charge on any atom is 0.254 e. The molecule has 3 aromatic carbocycles. The number of Topliss-reactive ketones (excluding diaryl/α,β-unsaturated/α-hetero) is 1. The first-order valence-electron chi connectivity index (χ1n) is 11.5. The molecule has 0 aromatic heterocycles. The van der Waals surface area contributed by atoms with Crippen LogP contribution < -0.4 is 4.74 Å². The number of carbonyl (C=O) groups excluding carboxylic acids is 2. The third-order valence-corrected chi connectivity index (χ3v) is 6.63. The number of aryl methyl sites for hydroxylation is 1. The van der Waals surface area contributed by atoms with E-state index in [1.807, 2.05) is 96.8 Å². The molecule has 2 aliphatic heterocycles. The lowest BCUT2D eigenvalue weighted by atomic mass is 9.82. The highest BCUT2D eigenvalue weighted by Crippen LogP contribution is 2.40. The van der Waals surface area contributed by atoms with Crippen LogP contribution in [-0.2, 0) is 4.79 Å². The molecule has 5 rings (SSSR count). The van der Waals surface area contributed by atoms with Gasteiger partial charge in [0, 0.05) is 31.5 Å². The number of amides is 1. The molecular weight excluding hydrogens is 410 g/mol. The lowest BCUT2D eigenvalue weighted by Gasteiger charge is -2.44. The standard InChI is InChI=1S/C29H27NO3/c1-21-12-13-27-25(18-21)26(31)20-29(33-27)14-16-30(17-15-29)28(32)24(23-10-6-3-7-11-23)19-22-8-4-2-5-9-22/h2-13,18-19H,14-17,20H2,1H3/b24-19-. The molecule has 0 bridgehead atoms. The van der Waals surface area contributed by atoms with Gasteiger partial charge in [-0.25, -0.2) is 0 Å². The molecular formula is C29H27NO3. The Bertz CT molecular complexity index is 1210. The Hall–Kier alpha value is -3.66. The zero-order chi connectivity index (χ0) is 22.8. The van der Waals surface area contributed by atoms with Gasteiger partial charge in [-0.3, -0.25) is 9.59 Å². The number of likely N-dealkylation sites (tertiary alicyclic amines) is 1. The summed E-state index contributed by atoms with van der Waals surface area (Å²) in [5, 5.41) is 0. The molecule has 0 radical (unpaired) electrons. The minimum Gasteiger partial charge on any atom is -0.486 e. The second-order valence-electron chi connectivity index (χ2n) is 9.01. The van der Waals surface area contributed by atoms with E-state index in [0.717, 1.165) is 16.7 Å². The van der Waals surface area contributed by atoms with Crippen LogP contribution in [0.3, 0.4) is 0 Å². The normalized spacial score (nSPS) is 17.4. The molecule has 1 saturated heterocycles. The van der Waals surface area contributed by atoms with Crippen LogP contribution in [-0.4, -0.2) is 35.3 Å². The van der Waals surface area contributed by atoms with Gasteiger partial charge in [0.1, 0.15) is 11.4 Å². The summed E-state index contributed by atoms with van der Waals surface area (Å²) in [7, 11) is 0. The molecule has 0 unspecified atom stereocenters. The zero-order valence-corrected chi connectivity index (χ0v) is 18.8. The molecule has 4 nitrogen and oxygen atoms in total. The highest BCUT2D eigenvalue weighted by Gasteiger charge is 2.44. The average Bonchev–Trinajstić information content (AvgIpc) is 2.84. The summed E-state index contributed by atoms with van der Waals surface area (Å²) in [5.41, 5.74) is 3.79. The Morgan fingerprint density at radius 3 is 2.30 bits per heavy atom. The van der Waals surface area contributed by atoms with E-state index in [1.54, 1.807) is 0 Å². The molecule has 3 aromatic rings. The topological polar surface area (TPSA) is 46.6 Å².